The van der Waals surface area contributed by atoms with Crippen LogP contribution in [0, 0.1) is 28.6 Å². The number of amides is 1. The maximum absolute atomic E-state index is 13.0. The molecule has 1 saturated carbocycles. The van der Waals surface area contributed by atoms with Crippen molar-refractivity contribution in [3.05, 3.63) is 58.8 Å². The predicted octanol–water partition coefficient (Wildman–Crippen LogP) is 4.93. The maximum atomic E-state index is 13.0. The molecule has 1 saturated heterocycles. The number of likely N-dealkylation sites (tertiary alicyclic amines) is 1. The third kappa shape index (κ3) is 6.09. The van der Waals surface area contributed by atoms with Gasteiger partial charge in [0.15, 0.2) is 0 Å². The number of nitrogens with zero attached hydrogens (tertiary/aromatic N) is 6. The standard InChI is InChI=1S/C29H34F3N7O2/c1-27(2,3)41-26(40)38-9-6-28(17-38)11-19(12-28)21-5-8-36-25(22(13-33)24(21)34)20-14-37-39(16-20)15-18-4-7-35-23(10-18)29(30,31)32/h4,7,10,14,16,19,21H,5-6,8-9,11-12,15,17,34H2,1-3H3. The molecule has 0 bridgehead atoms. The molecule has 1 aliphatic carbocycles. The lowest BCUT2D eigenvalue weighted by molar-refractivity contribution is -0.141. The van der Waals surface area contributed by atoms with Crippen LogP contribution in [0.3, 0.4) is 0 Å². The fourth-order valence-electron chi connectivity index (χ4n) is 6.29. The van der Waals surface area contributed by atoms with Gasteiger partial charge in [-0.15, -0.1) is 0 Å². The van der Waals surface area contributed by atoms with Gasteiger partial charge in [0.1, 0.15) is 17.4 Å². The number of carbonyl (C=O) groups is 1. The second-order valence-electron chi connectivity index (χ2n) is 12.4. The number of allylic oxidation sites excluding steroid dienone is 2. The van der Waals surface area contributed by atoms with E-state index in [-0.39, 0.29) is 24.0 Å². The van der Waals surface area contributed by atoms with Crippen molar-refractivity contribution in [2.45, 2.75) is 64.8 Å². The Morgan fingerprint density at radius 3 is 2.73 bits per heavy atom. The van der Waals surface area contributed by atoms with Crippen LogP contribution < -0.4 is 5.73 Å². The van der Waals surface area contributed by atoms with E-state index in [1.54, 1.807) is 17.3 Å². The summed E-state index contributed by atoms with van der Waals surface area (Å²) in [5.41, 5.74) is 7.48. The number of alkyl halides is 3. The van der Waals surface area contributed by atoms with Crippen molar-refractivity contribution < 1.29 is 22.7 Å². The molecular weight excluding hydrogens is 535 g/mol. The van der Waals surface area contributed by atoms with Crippen LogP contribution in [0.15, 0.2) is 47.0 Å². The summed E-state index contributed by atoms with van der Waals surface area (Å²) in [6.45, 7) is 7.52. The molecule has 1 unspecified atom stereocenters. The first kappa shape index (κ1) is 28.6. The lowest BCUT2D eigenvalue weighted by Crippen LogP contribution is -2.45. The summed E-state index contributed by atoms with van der Waals surface area (Å²) in [7, 11) is 0. The number of hydrogen-bond donors (Lipinski definition) is 1. The molecule has 2 aromatic heterocycles. The molecule has 0 radical (unpaired) electrons. The predicted molar refractivity (Wildman–Crippen MR) is 144 cm³/mol. The molecule has 218 valence electrons. The molecule has 1 spiro atoms. The molecule has 2 aromatic rings. The lowest BCUT2D eigenvalue weighted by atomic mass is 9.56. The summed E-state index contributed by atoms with van der Waals surface area (Å²) < 4.78 is 46.2. The molecule has 2 fully saturated rings. The SMILES string of the molecule is CC(C)(C)OC(=O)N1CCC2(CC(C3CCN=C(c4cnn(Cc5ccnc(C(F)(F)F)c5)c4)C(C#N)=C3N)C2)C1. The average Bonchev–Trinajstić information content (AvgIpc) is 3.48. The fourth-order valence-corrected chi connectivity index (χ4v) is 6.29. The zero-order chi connectivity index (χ0) is 29.6. The number of aromatic nitrogens is 3. The Balaban J connectivity index is 1.26. The van der Waals surface area contributed by atoms with Crippen molar-refractivity contribution >= 4 is 11.8 Å². The van der Waals surface area contributed by atoms with E-state index in [0.29, 0.717) is 60.1 Å². The van der Waals surface area contributed by atoms with E-state index in [4.69, 9.17) is 10.5 Å². The van der Waals surface area contributed by atoms with Crippen LogP contribution in [0.4, 0.5) is 18.0 Å². The van der Waals surface area contributed by atoms with E-state index < -0.39 is 17.5 Å². The number of nitrogens with two attached hydrogens (primary N) is 1. The largest absolute Gasteiger partial charge is 0.444 e. The number of rotatable bonds is 4. The van der Waals surface area contributed by atoms with Gasteiger partial charge in [0.05, 0.1) is 24.0 Å². The summed E-state index contributed by atoms with van der Waals surface area (Å²) in [6, 6.07) is 4.75. The van der Waals surface area contributed by atoms with Crippen LogP contribution in [0.1, 0.15) is 63.3 Å². The van der Waals surface area contributed by atoms with Crippen LogP contribution in [0.5, 0.6) is 0 Å². The van der Waals surface area contributed by atoms with E-state index in [2.05, 4.69) is 21.1 Å². The van der Waals surface area contributed by atoms with Crippen LogP contribution in [-0.2, 0) is 17.5 Å². The highest BCUT2D eigenvalue weighted by Crippen LogP contribution is 2.56. The molecule has 12 heteroatoms. The van der Waals surface area contributed by atoms with Gasteiger partial charge in [0.2, 0.25) is 0 Å². The number of halogens is 3. The highest BCUT2D eigenvalue weighted by Gasteiger charge is 2.52. The van der Waals surface area contributed by atoms with E-state index in [0.717, 1.165) is 31.5 Å². The van der Waals surface area contributed by atoms with Crippen LogP contribution >= 0.6 is 0 Å². The van der Waals surface area contributed by atoms with E-state index in [1.807, 2.05) is 20.8 Å². The normalized spacial score (nSPS) is 25.0. The number of pyridine rings is 1. The smallest absolute Gasteiger partial charge is 0.433 e. The summed E-state index contributed by atoms with van der Waals surface area (Å²) in [5.74, 6) is 0.295. The van der Waals surface area contributed by atoms with Crippen molar-refractivity contribution in [3.8, 4) is 6.07 Å². The van der Waals surface area contributed by atoms with Gasteiger partial charge < -0.3 is 15.4 Å². The number of aliphatic imine (C=N–C) groups is 1. The van der Waals surface area contributed by atoms with Crippen LogP contribution in [-0.4, -0.2) is 56.7 Å². The zero-order valence-corrected chi connectivity index (χ0v) is 23.4. The minimum absolute atomic E-state index is 0.000227. The Morgan fingerprint density at radius 2 is 2.05 bits per heavy atom. The molecule has 9 nitrogen and oxygen atoms in total. The third-order valence-corrected chi connectivity index (χ3v) is 8.16. The highest BCUT2D eigenvalue weighted by atomic mass is 19.4. The first-order valence-electron chi connectivity index (χ1n) is 13.7. The first-order chi connectivity index (χ1) is 19.3. The summed E-state index contributed by atoms with van der Waals surface area (Å²) in [6.07, 6.45) is 3.02. The number of carbonyl (C=O) groups excluding carboxylic acids is 1. The zero-order valence-electron chi connectivity index (χ0n) is 23.4. The molecular formula is C29H34F3N7O2. The van der Waals surface area contributed by atoms with Gasteiger partial charge in [0, 0.05) is 49.2 Å². The number of ether oxygens (including phenoxy) is 1. The minimum atomic E-state index is -4.53. The van der Waals surface area contributed by atoms with Gasteiger partial charge in [-0.05, 0) is 75.5 Å². The summed E-state index contributed by atoms with van der Waals surface area (Å²) >= 11 is 0. The number of hydrogen-bond acceptors (Lipinski definition) is 7. The molecule has 2 N–H and O–H groups in total. The molecule has 5 rings (SSSR count). The molecule has 2 aliphatic heterocycles. The second-order valence-corrected chi connectivity index (χ2v) is 12.4. The van der Waals surface area contributed by atoms with Gasteiger partial charge in [-0.25, -0.2) is 4.79 Å². The Hall–Kier alpha value is -3.88. The Labute approximate surface area is 236 Å². The van der Waals surface area contributed by atoms with Crippen molar-refractivity contribution in [2.75, 3.05) is 19.6 Å². The minimum Gasteiger partial charge on any atom is -0.444 e. The Kier molecular flexibility index (Phi) is 7.34. The Bertz CT molecular complexity index is 1420. The van der Waals surface area contributed by atoms with Crippen LogP contribution in [0.25, 0.3) is 0 Å². The molecule has 0 aromatic carbocycles. The van der Waals surface area contributed by atoms with Crippen LogP contribution in [0.2, 0.25) is 0 Å². The van der Waals surface area contributed by atoms with Gasteiger partial charge in [-0.1, -0.05) is 0 Å². The van der Waals surface area contributed by atoms with E-state index in [1.165, 1.54) is 10.7 Å². The highest BCUT2D eigenvalue weighted by molar-refractivity contribution is 6.15. The topological polar surface area (TPSA) is 122 Å². The monoisotopic (exact) mass is 569 g/mol. The molecule has 4 heterocycles. The maximum Gasteiger partial charge on any atom is 0.433 e. The quantitative estimate of drug-likeness (QED) is 0.557. The van der Waals surface area contributed by atoms with Gasteiger partial charge in [0.25, 0.3) is 0 Å². The second kappa shape index (κ2) is 10.5. The third-order valence-electron chi connectivity index (χ3n) is 8.16. The van der Waals surface area contributed by atoms with Gasteiger partial charge in [-0.2, -0.15) is 23.5 Å². The summed E-state index contributed by atoms with van der Waals surface area (Å²) in [4.78, 5) is 22.4. The average molecular weight is 570 g/mol. The molecule has 1 atom stereocenters. The van der Waals surface area contributed by atoms with Crippen molar-refractivity contribution in [1.82, 2.24) is 19.7 Å². The first-order valence-corrected chi connectivity index (χ1v) is 13.7. The van der Waals surface area contributed by atoms with E-state index >= 15 is 0 Å². The van der Waals surface area contributed by atoms with Crippen molar-refractivity contribution in [1.29, 1.82) is 5.26 Å². The van der Waals surface area contributed by atoms with Crippen molar-refractivity contribution in [2.24, 2.45) is 28.0 Å². The molecule has 1 amide bonds. The molecule has 3 aliphatic rings. The van der Waals surface area contributed by atoms with Gasteiger partial charge >= 0.3 is 12.3 Å². The number of nitriles is 1. The Morgan fingerprint density at radius 1 is 1.29 bits per heavy atom. The van der Waals surface area contributed by atoms with Crippen molar-refractivity contribution in [3.63, 3.8) is 0 Å². The van der Waals surface area contributed by atoms with E-state index in [9.17, 15) is 23.2 Å². The summed E-state index contributed by atoms with van der Waals surface area (Å²) in [5, 5.41) is 14.4. The fraction of sp³-hybridized carbons (Fsp3) is 0.552. The lowest BCUT2D eigenvalue weighted by Gasteiger charge is -2.48. The molecule has 41 heavy (non-hydrogen) atoms. The van der Waals surface area contributed by atoms with Gasteiger partial charge in [-0.3, -0.25) is 14.7 Å².